The minimum Gasteiger partial charge on any atom is -0.507 e. The van der Waals surface area contributed by atoms with Gasteiger partial charge in [0.05, 0.1) is 24.8 Å². The van der Waals surface area contributed by atoms with E-state index >= 15 is 0 Å². The molecule has 4 aromatic rings. The van der Waals surface area contributed by atoms with E-state index in [1.54, 1.807) is 54.6 Å². The van der Waals surface area contributed by atoms with Crippen LogP contribution in [0.15, 0.2) is 70.6 Å². The van der Waals surface area contributed by atoms with Crippen LogP contribution >= 0.6 is 23.1 Å². The fourth-order valence-corrected chi connectivity index (χ4v) is 7.15. The highest BCUT2D eigenvalue weighted by molar-refractivity contribution is 8.00. The molecule has 48 heavy (non-hydrogen) atoms. The van der Waals surface area contributed by atoms with Crippen LogP contribution in [-0.2, 0) is 15.3 Å². The lowest BCUT2D eigenvalue weighted by atomic mass is 9.95. The molecule has 1 fully saturated rings. The molecule has 6 rings (SSSR count). The maximum absolute atomic E-state index is 14.2. The molecule has 0 saturated carbocycles. The van der Waals surface area contributed by atoms with E-state index in [4.69, 9.17) is 18.9 Å². The van der Waals surface area contributed by atoms with Crippen LogP contribution in [0.2, 0.25) is 0 Å². The highest BCUT2D eigenvalue weighted by atomic mass is 32.2. The molecule has 250 valence electrons. The number of amides is 1. The summed E-state index contributed by atoms with van der Waals surface area (Å²) in [5.74, 6) is 0.139. The minimum atomic E-state index is -1.08. The van der Waals surface area contributed by atoms with Gasteiger partial charge >= 0.3 is 5.91 Å². The van der Waals surface area contributed by atoms with Gasteiger partial charge in [-0.1, -0.05) is 61.2 Å². The van der Waals surface area contributed by atoms with Gasteiger partial charge < -0.3 is 24.1 Å². The molecule has 3 heterocycles. The fraction of sp³-hybridized carbons (Fsp3) is 0.314. The van der Waals surface area contributed by atoms with Gasteiger partial charge in [0.1, 0.15) is 24.8 Å². The van der Waals surface area contributed by atoms with Gasteiger partial charge in [0.15, 0.2) is 27.3 Å². The molecular formula is C35H34FN3O7S2. The number of carbonyl (C=O) groups excluding carboxylic acids is 2. The summed E-state index contributed by atoms with van der Waals surface area (Å²) in [5, 5.41) is 20.3. The maximum atomic E-state index is 14.2. The molecule has 3 aromatic carbocycles. The van der Waals surface area contributed by atoms with Crippen molar-refractivity contribution in [2.75, 3.05) is 31.3 Å². The molecule has 2 aliphatic rings. The van der Waals surface area contributed by atoms with Crippen molar-refractivity contribution < 1.29 is 38.0 Å². The summed E-state index contributed by atoms with van der Waals surface area (Å²) in [7, 11) is 0. The Labute approximate surface area is 285 Å². The summed E-state index contributed by atoms with van der Waals surface area (Å²) in [6.07, 6.45) is 0.845. The third kappa shape index (κ3) is 6.97. The van der Waals surface area contributed by atoms with Crippen molar-refractivity contribution in [2.45, 2.75) is 43.3 Å². The average molecular weight is 692 g/mol. The Morgan fingerprint density at radius 2 is 1.83 bits per heavy atom. The Bertz CT molecular complexity index is 1860. The number of nitrogens with zero attached hydrogens (tertiary/aromatic N) is 3. The van der Waals surface area contributed by atoms with Crippen molar-refractivity contribution in [3.05, 3.63) is 88.7 Å². The third-order valence-corrected chi connectivity index (χ3v) is 9.81. The van der Waals surface area contributed by atoms with Crippen LogP contribution in [0.1, 0.15) is 49.9 Å². The number of benzene rings is 3. The Balaban J connectivity index is 1.41. The second-order valence-corrected chi connectivity index (χ2v) is 13.6. The van der Waals surface area contributed by atoms with Crippen molar-refractivity contribution in [3.8, 4) is 23.0 Å². The SMILES string of the molecule is CCOc1cc([C@H]2C(=C(O)c3ccc4c(c3)OCCO4)C(=O)C(=O)N2c2nnc(SCc3ccccc3F)s2)ccc1OCCC(C)C. The molecule has 1 saturated heterocycles. The van der Waals surface area contributed by atoms with Gasteiger partial charge in [0, 0.05) is 11.3 Å². The lowest BCUT2D eigenvalue weighted by Crippen LogP contribution is -2.29. The normalized spacial score (nSPS) is 16.9. The van der Waals surface area contributed by atoms with Gasteiger partial charge in [-0.25, -0.2) is 4.39 Å². The quantitative estimate of drug-likeness (QED) is 0.0537. The molecule has 10 nitrogen and oxygen atoms in total. The van der Waals surface area contributed by atoms with E-state index in [9.17, 15) is 19.1 Å². The fourth-order valence-electron chi connectivity index (χ4n) is 5.29. The Morgan fingerprint density at radius 1 is 1.04 bits per heavy atom. The van der Waals surface area contributed by atoms with E-state index in [0.717, 1.165) is 17.8 Å². The number of aliphatic hydroxyl groups is 1. The van der Waals surface area contributed by atoms with Crippen LogP contribution in [0.4, 0.5) is 9.52 Å². The molecule has 0 radical (unpaired) electrons. The zero-order chi connectivity index (χ0) is 33.8. The monoisotopic (exact) mass is 691 g/mol. The molecule has 0 aliphatic carbocycles. The number of anilines is 1. The summed E-state index contributed by atoms with van der Waals surface area (Å²) in [6, 6.07) is 15.4. The van der Waals surface area contributed by atoms with Gasteiger partial charge in [-0.05, 0) is 66.8 Å². The van der Waals surface area contributed by atoms with Gasteiger partial charge in [-0.3, -0.25) is 14.5 Å². The summed E-state index contributed by atoms with van der Waals surface area (Å²) >= 11 is 2.36. The smallest absolute Gasteiger partial charge is 0.301 e. The maximum Gasteiger partial charge on any atom is 0.301 e. The first-order chi connectivity index (χ1) is 23.2. The molecule has 1 N–H and O–H groups in total. The predicted octanol–water partition coefficient (Wildman–Crippen LogP) is 7.19. The molecule has 1 amide bonds. The van der Waals surface area contributed by atoms with Gasteiger partial charge in [0.25, 0.3) is 5.78 Å². The number of thioether (sulfide) groups is 1. The van der Waals surface area contributed by atoms with Crippen molar-refractivity contribution in [1.29, 1.82) is 0 Å². The van der Waals surface area contributed by atoms with Crippen molar-refractivity contribution in [3.63, 3.8) is 0 Å². The zero-order valence-corrected chi connectivity index (χ0v) is 28.2. The van der Waals surface area contributed by atoms with Gasteiger partial charge in [-0.2, -0.15) is 0 Å². The molecule has 1 atom stereocenters. The number of ketones is 1. The topological polar surface area (TPSA) is 120 Å². The summed E-state index contributed by atoms with van der Waals surface area (Å²) in [6.45, 7) is 7.63. The Hall–Kier alpha value is -4.62. The van der Waals surface area contributed by atoms with Crippen LogP contribution in [0.25, 0.3) is 5.76 Å². The standard InChI is InChI=1S/C35H34FN3O7S2/c1-4-43-27-17-21(9-11-25(27)44-14-13-20(2)3)30-29(31(40)22-10-12-26-28(18-22)46-16-15-45-26)32(41)33(42)39(30)34-37-38-35(48-34)47-19-23-7-5-6-8-24(23)36/h5-12,17-18,20,30,40H,4,13-16,19H2,1-3H3/t30-/m0/s1. The van der Waals surface area contributed by atoms with Crippen molar-refractivity contribution >= 4 is 45.7 Å². The summed E-state index contributed by atoms with van der Waals surface area (Å²) in [5.41, 5.74) is 1.13. The Morgan fingerprint density at radius 3 is 2.60 bits per heavy atom. The second-order valence-electron chi connectivity index (χ2n) is 11.4. The second kappa shape index (κ2) is 14.7. The lowest BCUT2D eigenvalue weighted by molar-refractivity contribution is -0.132. The molecular weight excluding hydrogens is 658 g/mol. The van der Waals surface area contributed by atoms with E-state index in [2.05, 4.69) is 24.0 Å². The average Bonchev–Trinajstić information content (AvgIpc) is 3.66. The minimum absolute atomic E-state index is 0.136. The van der Waals surface area contributed by atoms with Crippen molar-refractivity contribution in [2.24, 2.45) is 5.92 Å². The van der Waals surface area contributed by atoms with Crippen LogP contribution in [0, 0.1) is 11.7 Å². The highest BCUT2D eigenvalue weighted by Gasteiger charge is 2.48. The number of Topliss-reactive ketones (excluding diaryl/α,β-unsaturated/α-hetero) is 1. The van der Waals surface area contributed by atoms with E-state index in [1.807, 2.05) is 6.92 Å². The molecule has 13 heteroatoms. The van der Waals surface area contributed by atoms with E-state index < -0.39 is 17.7 Å². The number of rotatable bonds is 12. The number of ether oxygens (including phenoxy) is 4. The predicted molar refractivity (Wildman–Crippen MR) is 181 cm³/mol. The number of aliphatic hydroxyl groups excluding tert-OH is 1. The van der Waals surface area contributed by atoms with E-state index in [-0.39, 0.29) is 27.8 Å². The highest BCUT2D eigenvalue weighted by Crippen LogP contribution is 2.46. The van der Waals surface area contributed by atoms with Crippen molar-refractivity contribution in [1.82, 2.24) is 10.2 Å². The number of halogens is 1. The molecule has 0 bridgehead atoms. The molecule has 0 spiro atoms. The van der Waals surface area contributed by atoms with Crippen LogP contribution in [0.5, 0.6) is 23.0 Å². The first-order valence-electron chi connectivity index (χ1n) is 15.6. The van der Waals surface area contributed by atoms with Crippen LogP contribution in [0.3, 0.4) is 0 Å². The number of hydrogen-bond acceptors (Lipinski definition) is 11. The largest absolute Gasteiger partial charge is 0.507 e. The van der Waals surface area contributed by atoms with Crippen LogP contribution in [-0.4, -0.2) is 53.4 Å². The molecule has 1 aromatic heterocycles. The Kier molecular flexibility index (Phi) is 10.2. The van der Waals surface area contributed by atoms with Gasteiger partial charge in [-0.15, -0.1) is 10.2 Å². The van der Waals surface area contributed by atoms with Crippen LogP contribution < -0.4 is 23.8 Å². The van der Waals surface area contributed by atoms with E-state index in [1.165, 1.54) is 22.7 Å². The first-order valence-corrected chi connectivity index (χ1v) is 17.4. The third-order valence-electron chi connectivity index (χ3n) is 7.71. The summed E-state index contributed by atoms with van der Waals surface area (Å²) in [4.78, 5) is 28.8. The number of hydrogen-bond donors (Lipinski definition) is 1. The number of carbonyl (C=O) groups is 2. The number of aromatic nitrogens is 2. The van der Waals surface area contributed by atoms with Gasteiger partial charge in [0.2, 0.25) is 5.13 Å². The number of fused-ring (bicyclic) bond motifs is 1. The molecule has 0 unspecified atom stereocenters. The first kappa shape index (κ1) is 33.3. The van der Waals surface area contributed by atoms with E-state index in [0.29, 0.717) is 76.6 Å². The lowest BCUT2D eigenvalue weighted by Gasteiger charge is -2.24. The molecule has 2 aliphatic heterocycles. The zero-order valence-electron chi connectivity index (χ0n) is 26.6. The summed E-state index contributed by atoms with van der Waals surface area (Å²) < 4.78 is 38.0.